The molecule has 0 fully saturated rings. The van der Waals surface area contributed by atoms with Crippen LogP contribution in [0.4, 0.5) is 4.39 Å². The Hall–Kier alpha value is -1.06. The summed E-state index contributed by atoms with van der Waals surface area (Å²) >= 11 is 9.32. The molecule has 0 amide bonds. The molecule has 0 aliphatic heterocycles. The summed E-state index contributed by atoms with van der Waals surface area (Å²) < 4.78 is 19.8. The van der Waals surface area contributed by atoms with Gasteiger partial charge in [-0.05, 0) is 52.2 Å². The number of hydrogen-bond acceptors (Lipinski definition) is 1. The van der Waals surface area contributed by atoms with E-state index in [2.05, 4.69) is 15.9 Å². The van der Waals surface area contributed by atoms with Crippen molar-refractivity contribution in [2.75, 3.05) is 0 Å². The lowest BCUT2D eigenvalue weighted by molar-refractivity contribution is 0.300. The van der Waals surface area contributed by atoms with Crippen LogP contribution in [-0.2, 0) is 12.5 Å². The molecule has 2 aromatic rings. The van der Waals surface area contributed by atoms with E-state index in [1.54, 1.807) is 6.07 Å². The maximum absolute atomic E-state index is 13.2. The first kappa shape index (κ1) is 14.4. The predicted octanol–water partition coefficient (Wildman–Crippen LogP) is 5.21. The Bertz CT molecular complexity index is 586. The topological polar surface area (TPSA) is 9.23 Å². The molecule has 0 aromatic heterocycles. The van der Waals surface area contributed by atoms with E-state index in [1.165, 1.54) is 12.1 Å². The normalized spacial score (nSPS) is 10.5. The van der Waals surface area contributed by atoms with Crippen molar-refractivity contribution in [3.63, 3.8) is 0 Å². The molecule has 4 heteroatoms. The molecule has 0 N–H and O–H groups in total. The monoisotopic (exact) mass is 342 g/mol. The standard InChI is InChI=1S/C15H13BrClFO/c1-10-5-6-13(18)7-12(10)9-19-15-11(8-17)3-2-4-14(15)16/h2-7H,8-9H2,1H3. The number of para-hydroxylation sites is 1. The van der Waals surface area contributed by atoms with Crippen LogP contribution in [0.3, 0.4) is 0 Å². The van der Waals surface area contributed by atoms with Crippen LogP contribution < -0.4 is 4.74 Å². The lowest BCUT2D eigenvalue weighted by Crippen LogP contribution is -2.01. The number of alkyl halides is 1. The maximum Gasteiger partial charge on any atom is 0.138 e. The Labute approximate surface area is 125 Å². The molecule has 0 aliphatic carbocycles. The zero-order valence-corrected chi connectivity index (χ0v) is 12.8. The van der Waals surface area contributed by atoms with Gasteiger partial charge in [-0.25, -0.2) is 4.39 Å². The highest BCUT2D eigenvalue weighted by atomic mass is 79.9. The van der Waals surface area contributed by atoms with Gasteiger partial charge in [-0.1, -0.05) is 18.2 Å². The van der Waals surface area contributed by atoms with E-state index >= 15 is 0 Å². The summed E-state index contributed by atoms with van der Waals surface area (Å²) in [7, 11) is 0. The van der Waals surface area contributed by atoms with Crippen LogP contribution in [0.5, 0.6) is 5.75 Å². The lowest BCUT2D eigenvalue weighted by Gasteiger charge is -2.13. The summed E-state index contributed by atoms with van der Waals surface area (Å²) in [5.41, 5.74) is 2.74. The summed E-state index contributed by atoms with van der Waals surface area (Å²) in [6, 6.07) is 10.4. The van der Waals surface area contributed by atoms with E-state index in [-0.39, 0.29) is 5.82 Å². The zero-order chi connectivity index (χ0) is 13.8. The molecule has 0 radical (unpaired) electrons. The zero-order valence-electron chi connectivity index (χ0n) is 10.4. The Morgan fingerprint density at radius 2 is 2.00 bits per heavy atom. The number of rotatable bonds is 4. The minimum atomic E-state index is -0.256. The first-order valence-electron chi connectivity index (χ1n) is 5.83. The molecule has 2 aromatic carbocycles. The number of ether oxygens (including phenoxy) is 1. The SMILES string of the molecule is Cc1ccc(F)cc1COc1c(Br)cccc1CCl. The van der Waals surface area contributed by atoms with E-state index in [1.807, 2.05) is 25.1 Å². The summed E-state index contributed by atoms with van der Waals surface area (Å²) in [5, 5.41) is 0. The van der Waals surface area contributed by atoms with Crippen LogP contribution in [0.15, 0.2) is 40.9 Å². The average Bonchev–Trinajstić information content (AvgIpc) is 2.40. The van der Waals surface area contributed by atoms with Gasteiger partial charge < -0.3 is 4.74 Å². The molecule has 100 valence electrons. The van der Waals surface area contributed by atoms with Gasteiger partial charge in [0.1, 0.15) is 18.2 Å². The van der Waals surface area contributed by atoms with Crippen molar-refractivity contribution in [1.82, 2.24) is 0 Å². The van der Waals surface area contributed by atoms with Gasteiger partial charge in [-0.2, -0.15) is 0 Å². The summed E-state index contributed by atoms with van der Waals surface area (Å²) in [6.45, 7) is 2.25. The van der Waals surface area contributed by atoms with Gasteiger partial charge in [0.25, 0.3) is 0 Å². The maximum atomic E-state index is 13.2. The van der Waals surface area contributed by atoms with Crippen LogP contribution in [0.1, 0.15) is 16.7 Å². The van der Waals surface area contributed by atoms with E-state index in [9.17, 15) is 4.39 Å². The Balaban J connectivity index is 2.21. The Morgan fingerprint density at radius 1 is 1.21 bits per heavy atom. The third-order valence-corrected chi connectivity index (χ3v) is 3.79. The van der Waals surface area contributed by atoms with Gasteiger partial charge in [0.05, 0.1) is 10.4 Å². The van der Waals surface area contributed by atoms with Crippen LogP contribution in [0.2, 0.25) is 0 Å². The molecule has 0 unspecified atom stereocenters. The van der Waals surface area contributed by atoms with E-state index < -0.39 is 0 Å². The second-order valence-electron chi connectivity index (χ2n) is 4.22. The highest BCUT2D eigenvalue weighted by Crippen LogP contribution is 2.31. The Morgan fingerprint density at radius 3 is 2.74 bits per heavy atom. The van der Waals surface area contributed by atoms with Crippen LogP contribution in [0, 0.1) is 12.7 Å². The highest BCUT2D eigenvalue weighted by molar-refractivity contribution is 9.10. The minimum absolute atomic E-state index is 0.256. The molecular formula is C15H13BrClFO. The summed E-state index contributed by atoms with van der Waals surface area (Å²) in [5.74, 6) is 0.826. The molecular weight excluding hydrogens is 331 g/mol. The molecule has 0 atom stereocenters. The molecule has 0 spiro atoms. The molecule has 0 saturated carbocycles. The van der Waals surface area contributed by atoms with Crippen LogP contribution in [-0.4, -0.2) is 0 Å². The van der Waals surface area contributed by atoms with Crippen molar-refractivity contribution >= 4 is 27.5 Å². The average molecular weight is 344 g/mol. The smallest absolute Gasteiger partial charge is 0.138 e. The van der Waals surface area contributed by atoms with E-state index in [0.717, 1.165) is 21.2 Å². The second kappa shape index (κ2) is 6.40. The van der Waals surface area contributed by atoms with Crippen molar-refractivity contribution in [2.24, 2.45) is 0 Å². The fourth-order valence-electron chi connectivity index (χ4n) is 1.77. The largest absolute Gasteiger partial charge is 0.487 e. The first-order chi connectivity index (χ1) is 9.11. The van der Waals surface area contributed by atoms with Crippen LogP contribution >= 0.6 is 27.5 Å². The van der Waals surface area contributed by atoms with Gasteiger partial charge in [0, 0.05) is 5.56 Å². The lowest BCUT2D eigenvalue weighted by atomic mass is 10.1. The van der Waals surface area contributed by atoms with Gasteiger partial charge >= 0.3 is 0 Å². The van der Waals surface area contributed by atoms with E-state index in [4.69, 9.17) is 16.3 Å². The van der Waals surface area contributed by atoms with Gasteiger partial charge in [-0.15, -0.1) is 11.6 Å². The van der Waals surface area contributed by atoms with Crippen molar-refractivity contribution in [3.05, 3.63) is 63.4 Å². The summed E-state index contributed by atoms with van der Waals surface area (Å²) in [6.07, 6.45) is 0. The molecule has 0 bridgehead atoms. The molecule has 0 aliphatic rings. The fraction of sp³-hybridized carbons (Fsp3) is 0.200. The number of benzene rings is 2. The quantitative estimate of drug-likeness (QED) is 0.692. The van der Waals surface area contributed by atoms with Crippen molar-refractivity contribution in [3.8, 4) is 5.75 Å². The third-order valence-electron chi connectivity index (χ3n) is 2.88. The van der Waals surface area contributed by atoms with Gasteiger partial charge in [0.2, 0.25) is 0 Å². The Kier molecular flexibility index (Phi) is 4.83. The number of hydrogen-bond donors (Lipinski definition) is 0. The van der Waals surface area contributed by atoms with Gasteiger partial charge in [0.15, 0.2) is 0 Å². The minimum Gasteiger partial charge on any atom is -0.487 e. The van der Waals surface area contributed by atoms with Crippen molar-refractivity contribution in [2.45, 2.75) is 19.4 Å². The molecule has 0 heterocycles. The first-order valence-corrected chi connectivity index (χ1v) is 7.15. The second-order valence-corrected chi connectivity index (χ2v) is 5.34. The fourth-order valence-corrected chi connectivity index (χ4v) is 2.50. The van der Waals surface area contributed by atoms with Crippen LogP contribution in [0.25, 0.3) is 0 Å². The number of halogens is 3. The van der Waals surface area contributed by atoms with Gasteiger partial charge in [-0.3, -0.25) is 0 Å². The predicted molar refractivity (Wildman–Crippen MR) is 79.2 cm³/mol. The molecule has 1 nitrogen and oxygen atoms in total. The highest BCUT2D eigenvalue weighted by Gasteiger charge is 2.09. The third kappa shape index (κ3) is 3.48. The molecule has 0 saturated heterocycles. The van der Waals surface area contributed by atoms with Crippen molar-refractivity contribution < 1.29 is 9.13 Å². The molecule has 19 heavy (non-hydrogen) atoms. The van der Waals surface area contributed by atoms with Crippen molar-refractivity contribution in [1.29, 1.82) is 0 Å². The summed E-state index contributed by atoms with van der Waals surface area (Å²) in [4.78, 5) is 0. The van der Waals surface area contributed by atoms with E-state index in [0.29, 0.717) is 18.2 Å². The number of aryl methyl sites for hydroxylation is 1. The molecule has 2 rings (SSSR count).